The standard InChI is InChI=1S/C17H11F3N6OS/c1-9-21-13-8-11(4-7-14(13)28-9)22-16(27)15-23-25-26(24-15)12-5-2-10(3-6-12)17(18,19)20/h2-8H,1H3,(H,22,27). The monoisotopic (exact) mass is 404 g/mol. The van der Waals surface area contributed by atoms with Crippen LogP contribution in [0.15, 0.2) is 42.5 Å². The number of nitrogens with zero attached hydrogens (tertiary/aromatic N) is 5. The second kappa shape index (κ2) is 6.68. The van der Waals surface area contributed by atoms with Crippen molar-refractivity contribution in [3.8, 4) is 5.69 Å². The Morgan fingerprint density at radius 1 is 1.14 bits per heavy atom. The van der Waals surface area contributed by atoms with Crippen LogP contribution in [0, 0.1) is 6.92 Å². The van der Waals surface area contributed by atoms with Gasteiger partial charge in [-0.15, -0.1) is 26.3 Å². The molecule has 1 amide bonds. The molecule has 1 N–H and O–H groups in total. The summed E-state index contributed by atoms with van der Waals surface area (Å²) in [5.41, 5.74) is 0.747. The predicted octanol–water partition coefficient (Wildman–Crippen LogP) is 3.85. The van der Waals surface area contributed by atoms with Crippen LogP contribution in [-0.2, 0) is 6.18 Å². The van der Waals surface area contributed by atoms with E-state index in [0.29, 0.717) is 5.69 Å². The lowest BCUT2D eigenvalue weighted by atomic mass is 10.2. The molecule has 2 aromatic carbocycles. The van der Waals surface area contributed by atoms with Crippen molar-refractivity contribution < 1.29 is 18.0 Å². The number of anilines is 1. The highest BCUT2D eigenvalue weighted by Crippen LogP contribution is 2.29. The van der Waals surface area contributed by atoms with E-state index in [2.05, 4.69) is 25.7 Å². The molecule has 0 aliphatic heterocycles. The average molecular weight is 404 g/mol. The molecule has 0 aliphatic rings. The molecule has 0 saturated heterocycles. The maximum Gasteiger partial charge on any atom is 0.416 e. The van der Waals surface area contributed by atoms with Crippen LogP contribution in [0.2, 0.25) is 0 Å². The highest BCUT2D eigenvalue weighted by atomic mass is 32.1. The van der Waals surface area contributed by atoms with Gasteiger partial charge in [0, 0.05) is 5.69 Å². The van der Waals surface area contributed by atoms with E-state index in [1.807, 2.05) is 13.0 Å². The van der Waals surface area contributed by atoms with Gasteiger partial charge in [-0.05, 0) is 54.6 Å². The molecule has 0 fully saturated rings. The maximum absolute atomic E-state index is 12.6. The Kier molecular flexibility index (Phi) is 4.30. The van der Waals surface area contributed by atoms with Gasteiger partial charge in [-0.25, -0.2) is 4.98 Å². The van der Waals surface area contributed by atoms with Crippen LogP contribution in [-0.4, -0.2) is 31.1 Å². The van der Waals surface area contributed by atoms with Crippen LogP contribution in [0.1, 0.15) is 21.2 Å². The van der Waals surface area contributed by atoms with Crippen molar-refractivity contribution in [2.45, 2.75) is 13.1 Å². The smallest absolute Gasteiger partial charge is 0.319 e. The van der Waals surface area contributed by atoms with Crippen LogP contribution in [0.25, 0.3) is 15.9 Å². The van der Waals surface area contributed by atoms with Gasteiger partial charge >= 0.3 is 6.18 Å². The SMILES string of the molecule is Cc1nc2cc(NC(=O)c3nnn(-c4ccc(C(F)(F)F)cc4)n3)ccc2s1. The number of halogens is 3. The summed E-state index contributed by atoms with van der Waals surface area (Å²) in [4.78, 5) is 17.7. The highest BCUT2D eigenvalue weighted by molar-refractivity contribution is 7.18. The Bertz CT molecular complexity index is 1170. The fourth-order valence-corrected chi connectivity index (χ4v) is 3.31. The van der Waals surface area contributed by atoms with Crippen molar-refractivity contribution in [2.24, 2.45) is 0 Å². The first-order chi connectivity index (χ1) is 13.3. The van der Waals surface area contributed by atoms with E-state index < -0.39 is 17.6 Å². The Labute approximate surface area is 159 Å². The first-order valence-electron chi connectivity index (χ1n) is 7.96. The minimum Gasteiger partial charge on any atom is -0.319 e. The topological polar surface area (TPSA) is 85.6 Å². The van der Waals surface area contributed by atoms with Gasteiger partial charge in [-0.2, -0.15) is 13.2 Å². The zero-order valence-corrected chi connectivity index (χ0v) is 15.0. The second-order valence-electron chi connectivity index (χ2n) is 5.82. The van der Waals surface area contributed by atoms with Gasteiger partial charge in [0.05, 0.1) is 26.5 Å². The molecule has 2 heterocycles. The molecule has 0 atom stereocenters. The number of thiazole rings is 1. The molecule has 0 spiro atoms. The quantitative estimate of drug-likeness (QED) is 0.561. The van der Waals surface area contributed by atoms with Gasteiger partial charge in [-0.3, -0.25) is 4.79 Å². The molecular formula is C17H11F3N6OS. The lowest BCUT2D eigenvalue weighted by Crippen LogP contribution is -2.14. The molecular weight excluding hydrogens is 393 g/mol. The molecule has 0 bridgehead atoms. The van der Waals surface area contributed by atoms with Crippen molar-refractivity contribution in [1.82, 2.24) is 25.2 Å². The summed E-state index contributed by atoms with van der Waals surface area (Å²) < 4.78 is 38.9. The molecule has 142 valence electrons. The van der Waals surface area contributed by atoms with E-state index in [1.165, 1.54) is 12.1 Å². The summed E-state index contributed by atoms with van der Waals surface area (Å²) in [5.74, 6) is -0.807. The highest BCUT2D eigenvalue weighted by Gasteiger charge is 2.30. The number of rotatable bonds is 3. The van der Waals surface area contributed by atoms with Crippen LogP contribution in [0.3, 0.4) is 0 Å². The third-order valence-corrected chi connectivity index (χ3v) is 4.75. The minimum atomic E-state index is -4.43. The zero-order valence-electron chi connectivity index (χ0n) is 14.2. The number of alkyl halides is 3. The van der Waals surface area contributed by atoms with Gasteiger partial charge in [0.25, 0.3) is 11.7 Å². The number of aryl methyl sites for hydroxylation is 1. The van der Waals surface area contributed by atoms with E-state index in [9.17, 15) is 18.0 Å². The van der Waals surface area contributed by atoms with Crippen molar-refractivity contribution in [3.63, 3.8) is 0 Å². The number of amides is 1. The first-order valence-corrected chi connectivity index (χ1v) is 8.77. The number of carbonyl (C=O) groups is 1. The third-order valence-electron chi connectivity index (χ3n) is 3.79. The first kappa shape index (κ1) is 18.0. The molecule has 11 heteroatoms. The zero-order chi connectivity index (χ0) is 19.9. The lowest BCUT2D eigenvalue weighted by Gasteiger charge is -2.06. The van der Waals surface area contributed by atoms with Gasteiger partial charge in [0.2, 0.25) is 0 Å². The number of carbonyl (C=O) groups excluding carboxylic acids is 1. The molecule has 0 radical (unpaired) electrons. The van der Waals surface area contributed by atoms with Crippen molar-refractivity contribution in [3.05, 3.63) is 58.9 Å². The minimum absolute atomic E-state index is 0.213. The van der Waals surface area contributed by atoms with Gasteiger partial charge in [-0.1, -0.05) is 0 Å². The number of aromatic nitrogens is 5. The maximum atomic E-state index is 12.6. The average Bonchev–Trinajstić information content (AvgIpc) is 3.27. The van der Waals surface area contributed by atoms with E-state index in [1.54, 1.807) is 23.5 Å². The largest absolute Gasteiger partial charge is 0.416 e. The molecule has 0 aliphatic carbocycles. The number of tetrazole rings is 1. The number of hydrogen-bond donors (Lipinski definition) is 1. The predicted molar refractivity (Wildman–Crippen MR) is 96.5 cm³/mol. The number of nitrogens with one attached hydrogen (secondary N) is 1. The Hall–Kier alpha value is -3.34. The normalized spacial score (nSPS) is 11.7. The van der Waals surface area contributed by atoms with Crippen LogP contribution >= 0.6 is 11.3 Å². The van der Waals surface area contributed by atoms with E-state index in [-0.39, 0.29) is 11.5 Å². The lowest BCUT2D eigenvalue weighted by molar-refractivity contribution is -0.137. The Morgan fingerprint density at radius 3 is 2.61 bits per heavy atom. The van der Waals surface area contributed by atoms with E-state index in [4.69, 9.17) is 0 Å². The van der Waals surface area contributed by atoms with Crippen LogP contribution < -0.4 is 5.32 Å². The van der Waals surface area contributed by atoms with Gasteiger partial charge in [0.1, 0.15) is 0 Å². The third kappa shape index (κ3) is 3.56. The molecule has 4 aromatic rings. The van der Waals surface area contributed by atoms with Gasteiger partial charge in [0.15, 0.2) is 0 Å². The van der Waals surface area contributed by atoms with Crippen molar-refractivity contribution in [2.75, 3.05) is 5.32 Å². The summed E-state index contributed by atoms with van der Waals surface area (Å²) >= 11 is 1.55. The Balaban J connectivity index is 1.52. The fraction of sp³-hybridized carbons (Fsp3) is 0.118. The molecule has 0 unspecified atom stereocenters. The summed E-state index contributed by atoms with van der Waals surface area (Å²) in [6.07, 6.45) is -4.43. The number of benzene rings is 2. The summed E-state index contributed by atoms with van der Waals surface area (Å²) in [5, 5.41) is 14.9. The second-order valence-corrected chi connectivity index (χ2v) is 7.05. The van der Waals surface area contributed by atoms with E-state index in [0.717, 1.165) is 32.2 Å². The fourth-order valence-electron chi connectivity index (χ4n) is 2.51. The molecule has 2 aromatic heterocycles. The summed E-state index contributed by atoms with van der Waals surface area (Å²) in [7, 11) is 0. The summed E-state index contributed by atoms with van der Waals surface area (Å²) in [6, 6.07) is 9.53. The molecule has 7 nitrogen and oxygen atoms in total. The molecule has 0 saturated carbocycles. The van der Waals surface area contributed by atoms with Crippen molar-refractivity contribution >= 4 is 33.1 Å². The summed E-state index contributed by atoms with van der Waals surface area (Å²) in [6.45, 7) is 1.90. The molecule has 4 rings (SSSR count). The van der Waals surface area contributed by atoms with Crippen LogP contribution in [0.5, 0.6) is 0 Å². The van der Waals surface area contributed by atoms with Crippen LogP contribution in [0.4, 0.5) is 18.9 Å². The van der Waals surface area contributed by atoms with Gasteiger partial charge < -0.3 is 5.32 Å². The van der Waals surface area contributed by atoms with Crippen molar-refractivity contribution in [1.29, 1.82) is 0 Å². The van der Waals surface area contributed by atoms with E-state index >= 15 is 0 Å². The Morgan fingerprint density at radius 2 is 1.89 bits per heavy atom. The molecule has 28 heavy (non-hydrogen) atoms. The number of fused-ring (bicyclic) bond motifs is 1. The number of hydrogen-bond acceptors (Lipinski definition) is 6.